The van der Waals surface area contributed by atoms with Crippen LogP contribution in [0.3, 0.4) is 0 Å². The molecule has 0 aromatic carbocycles. The van der Waals surface area contributed by atoms with Gasteiger partial charge in [-0.2, -0.15) is 0 Å². The highest BCUT2D eigenvalue weighted by Crippen LogP contribution is 2.33. The fraction of sp³-hybridized carbons (Fsp3) is 0.850. The van der Waals surface area contributed by atoms with Crippen molar-refractivity contribution in [3.05, 3.63) is 0 Å². The van der Waals surface area contributed by atoms with Gasteiger partial charge in [0.1, 0.15) is 0 Å². The third kappa shape index (κ3) is 6.49. The molecule has 3 amide bonds. The summed E-state index contributed by atoms with van der Waals surface area (Å²) in [6, 6.07) is 0. The summed E-state index contributed by atoms with van der Waals surface area (Å²) in [5.74, 6) is 0.509. The number of thioether (sulfide) groups is 1. The molecule has 1 unspecified atom stereocenters. The van der Waals surface area contributed by atoms with Crippen molar-refractivity contribution in [1.29, 1.82) is 0 Å². The van der Waals surface area contributed by atoms with Crippen molar-refractivity contribution in [2.75, 3.05) is 33.2 Å². The second-order valence-electron chi connectivity index (χ2n) is 8.12. The van der Waals surface area contributed by atoms with Crippen molar-refractivity contribution in [3.63, 3.8) is 0 Å². The predicted octanol–water partition coefficient (Wildman–Crippen LogP) is 2.13. The van der Waals surface area contributed by atoms with Gasteiger partial charge in [0, 0.05) is 32.0 Å². The van der Waals surface area contributed by atoms with Crippen molar-refractivity contribution < 1.29 is 14.4 Å². The minimum absolute atomic E-state index is 0.0152. The number of nitrogens with zero attached hydrogens (tertiary/aromatic N) is 2. The number of hydrogen-bond donors (Lipinski definition) is 1. The van der Waals surface area contributed by atoms with E-state index in [-0.39, 0.29) is 28.9 Å². The summed E-state index contributed by atoms with van der Waals surface area (Å²) in [7, 11) is 2.04. The molecule has 1 aliphatic carbocycles. The van der Waals surface area contributed by atoms with Gasteiger partial charge in [-0.3, -0.25) is 19.3 Å². The van der Waals surface area contributed by atoms with Crippen molar-refractivity contribution in [3.8, 4) is 0 Å². The highest BCUT2D eigenvalue weighted by atomic mass is 32.2. The van der Waals surface area contributed by atoms with Crippen LogP contribution in [0.25, 0.3) is 0 Å². The Labute approximate surface area is 167 Å². The van der Waals surface area contributed by atoms with Crippen LogP contribution in [0.2, 0.25) is 0 Å². The number of likely N-dealkylation sites (N-methyl/N-ethyl adjacent to an activating group) is 1. The predicted molar refractivity (Wildman–Crippen MR) is 109 cm³/mol. The van der Waals surface area contributed by atoms with Crippen molar-refractivity contribution in [1.82, 2.24) is 15.1 Å². The standard InChI is InChI=1S/C20H35N3O3S/c1-5-22(4)11-10-21-19(25)16-8-6-15(7-9-16)13-23-18(24)12-17(20(23)26)27-14(2)3/h14-17H,5-13H2,1-4H3,(H,21,25). The molecule has 1 saturated carbocycles. The monoisotopic (exact) mass is 397 g/mol. The summed E-state index contributed by atoms with van der Waals surface area (Å²) >= 11 is 1.59. The molecule has 7 heteroatoms. The van der Waals surface area contributed by atoms with E-state index in [9.17, 15) is 14.4 Å². The number of carbonyl (C=O) groups is 3. The Hall–Kier alpha value is -1.08. The summed E-state index contributed by atoms with van der Waals surface area (Å²) < 4.78 is 0. The van der Waals surface area contributed by atoms with E-state index >= 15 is 0 Å². The van der Waals surface area contributed by atoms with E-state index in [4.69, 9.17) is 0 Å². The zero-order valence-corrected chi connectivity index (χ0v) is 18.0. The third-order valence-corrected chi connectivity index (χ3v) is 6.87. The van der Waals surface area contributed by atoms with Crippen LogP contribution in [-0.4, -0.2) is 71.2 Å². The van der Waals surface area contributed by atoms with Crippen molar-refractivity contribution in [2.24, 2.45) is 11.8 Å². The number of amides is 3. The van der Waals surface area contributed by atoms with E-state index in [2.05, 4.69) is 31.0 Å². The molecule has 2 fully saturated rings. The van der Waals surface area contributed by atoms with Gasteiger partial charge in [-0.1, -0.05) is 20.8 Å². The maximum atomic E-state index is 12.5. The first kappa shape index (κ1) is 22.2. The fourth-order valence-electron chi connectivity index (χ4n) is 3.82. The molecule has 0 radical (unpaired) electrons. The van der Waals surface area contributed by atoms with Gasteiger partial charge in [-0.15, -0.1) is 11.8 Å². The smallest absolute Gasteiger partial charge is 0.242 e. The summed E-state index contributed by atoms with van der Waals surface area (Å²) in [6.45, 7) is 9.27. The van der Waals surface area contributed by atoms with Gasteiger partial charge < -0.3 is 10.2 Å². The van der Waals surface area contributed by atoms with Crippen LogP contribution in [-0.2, 0) is 14.4 Å². The number of nitrogens with one attached hydrogen (secondary N) is 1. The second kappa shape index (κ2) is 10.5. The van der Waals surface area contributed by atoms with E-state index in [1.807, 2.05) is 7.05 Å². The Balaban J connectivity index is 1.73. The largest absolute Gasteiger partial charge is 0.355 e. The summed E-state index contributed by atoms with van der Waals surface area (Å²) in [5, 5.41) is 3.18. The molecule has 154 valence electrons. The van der Waals surface area contributed by atoms with Gasteiger partial charge in [0.25, 0.3) is 0 Å². The Morgan fingerprint density at radius 3 is 2.52 bits per heavy atom. The summed E-state index contributed by atoms with van der Waals surface area (Å²) in [4.78, 5) is 40.7. The van der Waals surface area contributed by atoms with Gasteiger partial charge >= 0.3 is 0 Å². The molecule has 2 rings (SSSR count). The van der Waals surface area contributed by atoms with Gasteiger partial charge in [-0.25, -0.2) is 0 Å². The highest BCUT2D eigenvalue weighted by Gasteiger charge is 2.40. The normalized spacial score (nSPS) is 26.3. The minimum Gasteiger partial charge on any atom is -0.355 e. The maximum Gasteiger partial charge on any atom is 0.242 e. The minimum atomic E-state index is -0.208. The molecule has 1 N–H and O–H groups in total. The molecule has 2 aliphatic rings. The van der Waals surface area contributed by atoms with Crippen LogP contribution in [0.15, 0.2) is 0 Å². The highest BCUT2D eigenvalue weighted by molar-refractivity contribution is 8.01. The molecule has 0 spiro atoms. The molecule has 6 nitrogen and oxygen atoms in total. The fourth-order valence-corrected chi connectivity index (χ4v) is 4.96. The first-order valence-electron chi connectivity index (χ1n) is 10.3. The van der Waals surface area contributed by atoms with Crippen molar-refractivity contribution in [2.45, 2.75) is 63.4 Å². The van der Waals surface area contributed by atoms with Gasteiger partial charge in [0.2, 0.25) is 17.7 Å². The van der Waals surface area contributed by atoms with Gasteiger partial charge in [0.15, 0.2) is 0 Å². The number of likely N-dealkylation sites (tertiary alicyclic amines) is 1. The second-order valence-corrected chi connectivity index (χ2v) is 9.91. The van der Waals surface area contributed by atoms with E-state index in [1.165, 1.54) is 4.90 Å². The molecule has 0 aromatic rings. The Kier molecular flexibility index (Phi) is 8.61. The molecule has 1 heterocycles. The van der Waals surface area contributed by atoms with Crippen LogP contribution in [0, 0.1) is 11.8 Å². The molecular formula is C20H35N3O3S. The van der Waals surface area contributed by atoms with Crippen molar-refractivity contribution >= 4 is 29.5 Å². The number of rotatable bonds is 9. The van der Waals surface area contributed by atoms with Crippen LogP contribution < -0.4 is 5.32 Å². The average molecular weight is 398 g/mol. The quantitative estimate of drug-likeness (QED) is 0.604. The lowest BCUT2D eigenvalue weighted by Gasteiger charge is -2.30. The molecule has 1 atom stereocenters. The van der Waals surface area contributed by atoms with E-state index in [0.717, 1.165) is 38.8 Å². The Morgan fingerprint density at radius 1 is 1.26 bits per heavy atom. The molecule has 0 aromatic heterocycles. The first-order chi connectivity index (χ1) is 12.8. The van der Waals surface area contributed by atoms with E-state index in [0.29, 0.717) is 30.7 Å². The Morgan fingerprint density at radius 2 is 1.93 bits per heavy atom. The number of hydrogen-bond acceptors (Lipinski definition) is 5. The lowest BCUT2D eigenvalue weighted by Crippen LogP contribution is -2.40. The SMILES string of the molecule is CCN(C)CCNC(=O)C1CCC(CN2C(=O)CC(SC(C)C)C2=O)CC1. The van der Waals surface area contributed by atoms with E-state index in [1.54, 1.807) is 11.8 Å². The molecule has 1 aliphatic heterocycles. The zero-order chi connectivity index (χ0) is 20.0. The lowest BCUT2D eigenvalue weighted by atomic mass is 9.81. The lowest BCUT2D eigenvalue weighted by molar-refractivity contribution is -0.139. The number of imide groups is 1. The first-order valence-corrected chi connectivity index (χ1v) is 11.2. The molecule has 1 saturated heterocycles. The van der Waals surface area contributed by atoms with Crippen LogP contribution in [0.4, 0.5) is 0 Å². The maximum absolute atomic E-state index is 12.5. The van der Waals surface area contributed by atoms with Crippen LogP contribution in [0.5, 0.6) is 0 Å². The summed E-state index contributed by atoms with van der Waals surface area (Å²) in [6.07, 6.45) is 3.85. The molecule has 27 heavy (non-hydrogen) atoms. The molecule has 0 bridgehead atoms. The van der Waals surface area contributed by atoms with Gasteiger partial charge in [-0.05, 0) is 50.4 Å². The number of carbonyl (C=O) groups excluding carboxylic acids is 3. The van der Waals surface area contributed by atoms with Crippen LogP contribution >= 0.6 is 11.8 Å². The van der Waals surface area contributed by atoms with E-state index < -0.39 is 0 Å². The average Bonchev–Trinajstić information content (AvgIpc) is 2.88. The summed E-state index contributed by atoms with van der Waals surface area (Å²) in [5.41, 5.74) is 0. The molecular weight excluding hydrogens is 362 g/mol. The third-order valence-electron chi connectivity index (χ3n) is 5.63. The topological polar surface area (TPSA) is 69.7 Å². The van der Waals surface area contributed by atoms with Gasteiger partial charge in [0.05, 0.1) is 5.25 Å². The van der Waals surface area contributed by atoms with Crippen LogP contribution in [0.1, 0.15) is 52.9 Å². The zero-order valence-electron chi connectivity index (χ0n) is 17.2. The Bertz CT molecular complexity index is 533.